The Hall–Kier alpha value is -0.730. The molecule has 2 nitrogen and oxygen atoms in total. The Balaban J connectivity index is 2.02. The van der Waals surface area contributed by atoms with Crippen LogP contribution < -0.4 is 4.90 Å². The summed E-state index contributed by atoms with van der Waals surface area (Å²) >= 11 is 5.92. The molecule has 1 saturated heterocycles. The number of hydrogen-bond donors (Lipinski definition) is 0. The van der Waals surface area contributed by atoms with Crippen LogP contribution in [0.5, 0.6) is 0 Å². The molecule has 0 aliphatic carbocycles. The zero-order valence-electron chi connectivity index (χ0n) is 12.0. The van der Waals surface area contributed by atoms with Crippen LogP contribution in [0.1, 0.15) is 37.3 Å². The van der Waals surface area contributed by atoms with Crippen LogP contribution in [0.4, 0.5) is 5.69 Å². The highest BCUT2D eigenvalue weighted by atomic mass is 35.5. The van der Waals surface area contributed by atoms with Gasteiger partial charge >= 0.3 is 0 Å². The van der Waals surface area contributed by atoms with E-state index in [-0.39, 0.29) is 0 Å². The standard InChI is InChI=1S/C16H24ClNO/c1-3-9-19-16-5-4-8-18(12-16)15-7-6-14(11-17)13(2)10-15/h6-7,10,16H,3-5,8-9,11-12H2,1-2H3. The summed E-state index contributed by atoms with van der Waals surface area (Å²) in [5, 5.41) is 0. The van der Waals surface area contributed by atoms with Gasteiger partial charge in [-0.2, -0.15) is 0 Å². The number of alkyl halides is 1. The van der Waals surface area contributed by atoms with Crippen molar-refractivity contribution in [2.75, 3.05) is 24.6 Å². The minimum absolute atomic E-state index is 0.390. The van der Waals surface area contributed by atoms with Gasteiger partial charge in [0.1, 0.15) is 0 Å². The summed E-state index contributed by atoms with van der Waals surface area (Å²) in [7, 11) is 0. The molecule has 0 bridgehead atoms. The van der Waals surface area contributed by atoms with Crippen LogP contribution >= 0.6 is 11.6 Å². The van der Waals surface area contributed by atoms with Crippen molar-refractivity contribution < 1.29 is 4.74 Å². The number of anilines is 1. The second-order valence-corrected chi connectivity index (χ2v) is 5.59. The van der Waals surface area contributed by atoms with Crippen LogP contribution in [-0.2, 0) is 10.6 Å². The Morgan fingerprint density at radius 3 is 2.95 bits per heavy atom. The second kappa shape index (κ2) is 7.16. The van der Waals surface area contributed by atoms with Gasteiger partial charge in [-0.15, -0.1) is 11.6 Å². The van der Waals surface area contributed by atoms with Crippen LogP contribution in [0.25, 0.3) is 0 Å². The molecular weight excluding hydrogens is 258 g/mol. The minimum atomic E-state index is 0.390. The molecule has 1 atom stereocenters. The van der Waals surface area contributed by atoms with E-state index in [0.717, 1.165) is 26.1 Å². The van der Waals surface area contributed by atoms with Crippen molar-refractivity contribution in [3.05, 3.63) is 29.3 Å². The maximum Gasteiger partial charge on any atom is 0.0750 e. The number of hydrogen-bond acceptors (Lipinski definition) is 2. The Morgan fingerprint density at radius 2 is 2.26 bits per heavy atom. The lowest BCUT2D eigenvalue weighted by Gasteiger charge is -2.34. The fourth-order valence-electron chi connectivity index (χ4n) is 2.62. The summed E-state index contributed by atoms with van der Waals surface area (Å²) in [6.45, 7) is 7.32. The van der Waals surface area contributed by atoms with E-state index in [1.165, 1.54) is 29.7 Å². The number of benzene rings is 1. The fourth-order valence-corrected chi connectivity index (χ4v) is 2.92. The van der Waals surface area contributed by atoms with Crippen molar-refractivity contribution >= 4 is 17.3 Å². The molecule has 0 spiro atoms. The number of ether oxygens (including phenoxy) is 1. The lowest BCUT2D eigenvalue weighted by Crippen LogP contribution is -2.39. The lowest BCUT2D eigenvalue weighted by atomic mass is 10.0. The van der Waals surface area contributed by atoms with E-state index >= 15 is 0 Å². The molecule has 1 fully saturated rings. The average Bonchev–Trinajstić information content (AvgIpc) is 2.45. The highest BCUT2D eigenvalue weighted by Crippen LogP contribution is 2.24. The predicted molar refractivity (Wildman–Crippen MR) is 82.2 cm³/mol. The molecule has 2 rings (SSSR count). The third-order valence-electron chi connectivity index (χ3n) is 3.77. The van der Waals surface area contributed by atoms with Gasteiger partial charge in [0, 0.05) is 31.3 Å². The number of halogens is 1. The Kier molecular flexibility index (Phi) is 5.53. The van der Waals surface area contributed by atoms with Gasteiger partial charge in [-0.1, -0.05) is 13.0 Å². The van der Waals surface area contributed by atoms with E-state index in [9.17, 15) is 0 Å². The summed E-state index contributed by atoms with van der Waals surface area (Å²) in [6.07, 6.45) is 3.89. The molecular formula is C16H24ClNO. The van der Waals surface area contributed by atoms with E-state index in [1.807, 2.05) is 0 Å². The van der Waals surface area contributed by atoms with Crippen molar-refractivity contribution in [1.29, 1.82) is 0 Å². The van der Waals surface area contributed by atoms with E-state index in [1.54, 1.807) is 0 Å². The van der Waals surface area contributed by atoms with Gasteiger partial charge in [0.25, 0.3) is 0 Å². The number of nitrogens with zero attached hydrogens (tertiary/aromatic N) is 1. The number of aryl methyl sites for hydroxylation is 1. The third kappa shape index (κ3) is 3.87. The molecule has 0 saturated carbocycles. The normalized spacial score (nSPS) is 19.7. The zero-order chi connectivity index (χ0) is 13.7. The van der Waals surface area contributed by atoms with Crippen LogP contribution in [0.3, 0.4) is 0 Å². The molecule has 0 N–H and O–H groups in total. The fraction of sp³-hybridized carbons (Fsp3) is 0.625. The van der Waals surface area contributed by atoms with Crippen LogP contribution in [0, 0.1) is 6.92 Å². The Bertz CT molecular complexity index is 408. The molecule has 1 aromatic carbocycles. The molecule has 19 heavy (non-hydrogen) atoms. The molecule has 3 heteroatoms. The maximum atomic E-state index is 5.92. The van der Waals surface area contributed by atoms with E-state index in [2.05, 4.69) is 36.9 Å². The van der Waals surface area contributed by atoms with Crippen molar-refractivity contribution in [2.45, 2.75) is 45.1 Å². The smallest absolute Gasteiger partial charge is 0.0750 e. The van der Waals surface area contributed by atoms with Gasteiger partial charge in [-0.25, -0.2) is 0 Å². The molecule has 106 valence electrons. The van der Waals surface area contributed by atoms with Gasteiger partial charge in [0.15, 0.2) is 0 Å². The van der Waals surface area contributed by atoms with Gasteiger partial charge < -0.3 is 9.64 Å². The molecule has 1 heterocycles. The van der Waals surface area contributed by atoms with Gasteiger partial charge in [-0.05, 0) is 49.4 Å². The zero-order valence-corrected chi connectivity index (χ0v) is 12.7. The first-order chi connectivity index (χ1) is 9.24. The number of rotatable bonds is 5. The summed E-state index contributed by atoms with van der Waals surface area (Å²) in [4.78, 5) is 2.44. The van der Waals surface area contributed by atoms with E-state index in [0.29, 0.717) is 12.0 Å². The molecule has 1 aliphatic rings. The quantitative estimate of drug-likeness (QED) is 0.753. The monoisotopic (exact) mass is 281 g/mol. The van der Waals surface area contributed by atoms with Gasteiger partial charge in [-0.3, -0.25) is 0 Å². The van der Waals surface area contributed by atoms with Crippen molar-refractivity contribution in [2.24, 2.45) is 0 Å². The van der Waals surface area contributed by atoms with Gasteiger partial charge in [0.2, 0.25) is 0 Å². The molecule has 0 amide bonds. The topological polar surface area (TPSA) is 12.5 Å². The maximum absolute atomic E-state index is 5.92. The second-order valence-electron chi connectivity index (χ2n) is 5.33. The molecule has 1 aromatic rings. The molecule has 1 aliphatic heterocycles. The summed E-state index contributed by atoms with van der Waals surface area (Å²) in [5.41, 5.74) is 3.81. The van der Waals surface area contributed by atoms with E-state index < -0.39 is 0 Å². The lowest BCUT2D eigenvalue weighted by molar-refractivity contribution is 0.0440. The van der Waals surface area contributed by atoms with E-state index in [4.69, 9.17) is 16.3 Å². The van der Waals surface area contributed by atoms with Crippen LogP contribution in [-0.4, -0.2) is 25.8 Å². The van der Waals surface area contributed by atoms with Gasteiger partial charge in [0.05, 0.1) is 6.10 Å². The summed E-state index contributed by atoms with van der Waals surface area (Å²) < 4.78 is 5.90. The molecule has 0 radical (unpaired) electrons. The van der Waals surface area contributed by atoms with Crippen molar-refractivity contribution in [3.63, 3.8) is 0 Å². The first kappa shape index (κ1) is 14.7. The first-order valence-electron chi connectivity index (χ1n) is 7.26. The minimum Gasteiger partial charge on any atom is -0.376 e. The first-order valence-corrected chi connectivity index (χ1v) is 7.80. The Labute approximate surface area is 121 Å². The predicted octanol–water partition coefficient (Wildman–Crippen LogP) is 4.13. The third-order valence-corrected chi connectivity index (χ3v) is 4.06. The van der Waals surface area contributed by atoms with Crippen LogP contribution in [0.2, 0.25) is 0 Å². The number of piperidine rings is 1. The van der Waals surface area contributed by atoms with Crippen LogP contribution in [0.15, 0.2) is 18.2 Å². The largest absolute Gasteiger partial charge is 0.376 e. The SMILES string of the molecule is CCCOC1CCCN(c2ccc(CCl)c(C)c2)C1. The summed E-state index contributed by atoms with van der Waals surface area (Å²) in [5.74, 6) is 0.592. The Morgan fingerprint density at radius 1 is 1.42 bits per heavy atom. The summed E-state index contributed by atoms with van der Waals surface area (Å²) in [6, 6.07) is 6.58. The van der Waals surface area contributed by atoms with Crippen molar-refractivity contribution in [3.8, 4) is 0 Å². The van der Waals surface area contributed by atoms with Crippen molar-refractivity contribution in [1.82, 2.24) is 0 Å². The molecule has 1 unspecified atom stereocenters. The highest BCUT2D eigenvalue weighted by Gasteiger charge is 2.20. The average molecular weight is 282 g/mol. The molecule has 0 aromatic heterocycles. The highest BCUT2D eigenvalue weighted by molar-refractivity contribution is 6.17.